The lowest BCUT2D eigenvalue weighted by molar-refractivity contribution is 0.0604. The summed E-state index contributed by atoms with van der Waals surface area (Å²) < 4.78 is 27.4. The van der Waals surface area contributed by atoms with Gasteiger partial charge in [-0.05, 0) is 32.6 Å². The number of alkyl carbamates (subject to hydrolysis) is 1. The van der Waals surface area contributed by atoms with Crippen molar-refractivity contribution >= 4 is 41.0 Å². The number of fused-ring (bicyclic) bond motifs is 1. The lowest BCUT2D eigenvalue weighted by atomic mass is 10.1. The van der Waals surface area contributed by atoms with Crippen LogP contribution in [0.5, 0.6) is 0 Å². The molecule has 6 rings (SSSR count). The molecule has 0 unspecified atom stereocenters. The zero-order valence-corrected chi connectivity index (χ0v) is 20.0. The molecule has 0 aromatic carbocycles. The summed E-state index contributed by atoms with van der Waals surface area (Å²) in [6.07, 6.45) is 0.980. The van der Waals surface area contributed by atoms with Crippen molar-refractivity contribution in [3.8, 4) is 0 Å². The quantitative estimate of drug-likeness (QED) is 0.349. The van der Waals surface area contributed by atoms with E-state index in [1.165, 1.54) is 6.07 Å². The van der Waals surface area contributed by atoms with Crippen molar-refractivity contribution in [3.63, 3.8) is 0 Å². The van der Waals surface area contributed by atoms with Gasteiger partial charge in [-0.25, -0.2) is 19.2 Å². The molecule has 4 N–H and O–H groups in total. The van der Waals surface area contributed by atoms with E-state index in [4.69, 9.17) is 21.1 Å². The van der Waals surface area contributed by atoms with Crippen LogP contribution in [0, 0.1) is 0 Å². The van der Waals surface area contributed by atoms with Crippen molar-refractivity contribution in [2.24, 2.45) is 0 Å². The molecular weight excluding hydrogens is 495 g/mol. The molecule has 1 aliphatic heterocycles. The number of H-pyrrole nitrogens is 1. The standard InChI is InChI=1S/C22H24ClFN8O4/c1-22(4-5-22)29-21(34)36-13-9-35-18(17(13)24)11-6-15(31-30-11)28-20-27-14(23)7-16-26-12(8-32(16)20)19(33)25-10-2-3-10/h6-8,10,13,17-18H,2-5,9H2,1H3,(H,25,33)(H,29,34)(H2,27,28,30,31)/t13-,17+,18-/m0/s1. The van der Waals surface area contributed by atoms with Crippen molar-refractivity contribution in [2.45, 2.75) is 62.6 Å². The highest BCUT2D eigenvalue weighted by atomic mass is 35.5. The number of ether oxygens (including phenoxy) is 2. The van der Waals surface area contributed by atoms with Gasteiger partial charge in [-0.3, -0.25) is 14.3 Å². The fourth-order valence-electron chi connectivity index (χ4n) is 3.97. The largest absolute Gasteiger partial charge is 0.441 e. The first-order chi connectivity index (χ1) is 17.3. The van der Waals surface area contributed by atoms with Gasteiger partial charge in [-0.1, -0.05) is 11.6 Å². The van der Waals surface area contributed by atoms with E-state index in [0.29, 0.717) is 17.2 Å². The molecule has 0 bridgehead atoms. The van der Waals surface area contributed by atoms with E-state index >= 15 is 4.39 Å². The van der Waals surface area contributed by atoms with Gasteiger partial charge in [0, 0.05) is 29.9 Å². The van der Waals surface area contributed by atoms with Gasteiger partial charge in [0.1, 0.15) is 22.6 Å². The molecule has 12 nitrogen and oxygen atoms in total. The minimum Gasteiger partial charge on any atom is -0.441 e. The number of imidazole rings is 1. The molecule has 4 heterocycles. The number of halogens is 2. The number of nitrogens with zero attached hydrogens (tertiary/aromatic N) is 4. The van der Waals surface area contributed by atoms with Crippen molar-refractivity contribution in [1.29, 1.82) is 0 Å². The average Bonchev–Trinajstić information content (AvgIpc) is 3.61. The van der Waals surface area contributed by atoms with Crippen LogP contribution in [-0.4, -0.2) is 67.0 Å². The van der Waals surface area contributed by atoms with Crippen LogP contribution < -0.4 is 16.0 Å². The third-order valence-corrected chi connectivity index (χ3v) is 6.65. The second-order valence-electron chi connectivity index (χ2n) is 9.67. The molecule has 14 heteroatoms. The van der Waals surface area contributed by atoms with Gasteiger partial charge in [0.05, 0.1) is 12.3 Å². The smallest absolute Gasteiger partial charge is 0.408 e. The number of hydrogen-bond donors (Lipinski definition) is 4. The molecule has 3 fully saturated rings. The number of anilines is 2. The van der Waals surface area contributed by atoms with Gasteiger partial charge in [0.2, 0.25) is 5.95 Å². The Morgan fingerprint density at radius 3 is 2.86 bits per heavy atom. The molecule has 3 aliphatic rings. The lowest BCUT2D eigenvalue weighted by Crippen LogP contribution is -2.39. The highest BCUT2D eigenvalue weighted by Gasteiger charge is 2.44. The van der Waals surface area contributed by atoms with E-state index in [0.717, 1.165) is 25.7 Å². The van der Waals surface area contributed by atoms with Crippen LogP contribution in [0.15, 0.2) is 18.3 Å². The normalized spacial score (nSPS) is 24.5. The average molecular weight is 519 g/mol. The lowest BCUT2D eigenvalue weighted by Gasteiger charge is -2.17. The molecule has 3 aromatic heterocycles. The Bertz CT molecular complexity index is 1340. The van der Waals surface area contributed by atoms with Crippen LogP contribution >= 0.6 is 11.6 Å². The number of carbonyl (C=O) groups is 2. The highest BCUT2D eigenvalue weighted by molar-refractivity contribution is 6.29. The molecule has 0 spiro atoms. The molecule has 2 aliphatic carbocycles. The van der Waals surface area contributed by atoms with Crippen molar-refractivity contribution in [3.05, 3.63) is 34.9 Å². The van der Waals surface area contributed by atoms with E-state index in [2.05, 4.69) is 36.1 Å². The van der Waals surface area contributed by atoms with E-state index in [-0.39, 0.29) is 40.9 Å². The maximum absolute atomic E-state index is 15.0. The van der Waals surface area contributed by atoms with Crippen molar-refractivity contribution in [1.82, 2.24) is 35.2 Å². The maximum atomic E-state index is 15.0. The van der Waals surface area contributed by atoms with Gasteiger partial charge in [-0.2, -0.15) is 5.10 Å². The number of aromatic amines is 1. The summed E-state index contributed by atoms with van der Waals surface area (Å²) in [7, 11) is 0. The number of hydrogen-bond acceptors (Lipinski definition) is 8. The SMILES string of the molecule is CC1(NC(=O)O[C@H]2CO[C@@H](c3cc(Nc4nc(Cl)cc5nc(C(=O)NC6CC6)cn45)n[nH]3)[C@@H]2F)CC1. The fourth-order valence-corrected chi connectivity index (χ4v) is 4.15. The summed E-state index contributed by atoms with van der Waals surface area (Å²) in [6.45, 7) is 1.83. The Morgan fingerprint density at radius 2 is 2.11 bits per heavy atom. The van der Waals surface area contributed by atoms with Crippen LogP contribution in [0.2, 0.25) is 5.15 Å². The van der Waals surface area contributed by atoms with Gasteiger partial charge >= 0.3 is 6.09 Å². The summed E-state index contributed by atoms with van der Waals surface area (Å²) in [5.74, 6) is 0.317. The van der Waals surface area contributed by atoms with Crippen molar-refractivity contribution < 1.29 is 23.5 Å². The van der Waals surface area contributed by atoms with Crippen LogP contribution in [0.1, 0.15) is 54.9 Å². The Labute approximate surface area is 209 Å². The minimum atomic E-state index is -1.58. The van der Waals surface area contributed by atoms with Gasteiger partial charge in [-0.15, -0.1) is 0 Å². The molecule has 1 saturated heterocycles. The first-order valence-corrected chi connectivity index (χ1v) is 12.1. The van der Waals surface area contributed by atoms with Gasteiger partial charge < -0.3 is 25.4 Å². The van der Waals surface area contributed by atoms with E-state index in [9.17, 15) is 9.59 Å². The molecule has 3 atom stereocenters. The highest BCUT2D eigenvalue weighted by Crippen LogP contribution is 2.36. The van der Waals surface area contributed by atoms with Crippen LogP contribution in [0.4, 0.5) is 21.0 Å². The molecule has 2 amide bonds. The van der Waals surface area contributed by atoms with E-state index in [1.807, 2.05) is 6.92 Å². The third-order valence-electron chi connectivity index (χ3n) is 6.46. The maximum Gasteiger partial charge on any atom is 0.408 e. The Kier molecular flexibility index (Phi) is 5.48. The zero-order chi connectivity index (χ0) is 25.0. The zero-order valence-electron chi connectivity index (χ0n) is 19.3. The molecule has 2 saturated carbocycles. The Morgan fingerprint density at radius 1 is 1.31 bits per heavy atom. The molecule has 36 heavy (non-hydrogen) atoms. The Hall–Kier alpha value is -3.45. The van der Waals surface area contributed by atoms with Crippen LogP contribution in [0.25, 0.3) is 5.65 Å². The fraction of sp³-hybridized carbons (Fsp3) is 0.500. The first kappa shape index (κ1) is 23.0. The second kappa shape index (κ2) is 8.59. The Balaban J connectivity index is 1.15. The van der Waals surface area contributed by atoms with Crippen LogP contribution in [0.3, 0.4) is 0 Å². The minimum absolute atomic E-state index is 0.0744. The summed E-state index contributed by atoms with van der Waals surface area (Å²) in [4.78, 5) is 33.1. The van der Waals surface area contributed by atoms with Gasteiger partial charge in [0.15, 0.2) is 18.1 Å². The third kappa shape index (κ3) is 4.67. The molecule has 190 valence electrons. The predicted octanol–water partition coefficient (Wildman–Crippen LogP) is 2.80. The number of alkyl halides is 1. The number of carbonyl (C=O) groups excluding carboxylic acids is 2. The topological polar surface area (TPSA) is 148 Å². The predicted molar refractivity (Wildman–Crippen MR) is 125 cm³/mol. The number of nitrogens with one attached hydrogen (secondary N) is 4. The number of rotatable bonds is 7. The monoisotopic (exact) mass is 518 g/mol. The van der Waals surface area contributed by atoms with E-state index < -0.39 is 24.5 Å². The molecule has 0 radical (unpaired) electrons. The summed E-state index contributed by atoms with van der Waals surface area (Å²) >= 11 is 6.15. The number of amides is 2. The summed E-state index contributed by atoms with van der Waals surface area (Å²) in [5, 5.41) is 15.7. The summed E-state index contributed by atoms with van der Waals surface area (Å²) in [6, 6.07) is 3.30. The van der Waals surface area contributed by atoms with Crippen LogP contribution in [-0.2, 0) is 9.47 Å². The van der Waals surface area contributed by atoms with E-state index in [1.54, 1.807) is 16.7 Å². The van der Waals surface area contributed by atoms with Crippen molar-refractivity contribution in [2.75, 3.05) is 11.9 Å². The molecule has 3 aromatic rings. The first-order valence-electron chi connectivity index (χ1n) is 11.7. The summed E-state index contributed by atoms with van der Waals surface area (Å²) in [5.41, 5.74) is 0.763. The molecular formula is C22H24ClFN8O4. The van der Waals surface area contributed by atoms with Gasteiger partial charge in [0.25, 0.3) is 5.91 Å². The number of aromatic nitrogens is 5. The second-order valence-corrected chi connectivity index (χ2v) is 10.1.